The molecule has 0 fully saturated rings. The van der Waals surface area contributed by atoms with Gasteiger partial charge in [0.1, 0.15) is 0 Å². The van der Waals surface area contributed by atoms with Crippen LogP contribution in [0, 0.1) is 13.8 Å². The monoisotopic (exact) mass is 368 g/mol. The number of thiazole rings is 1. The molecular weight excluding hydrogens is 348 g/mol. The largest absolute Gasteiger partial charge is 0.465 e. The lowest BCUT2D eigenvalue weighted by atomic mass is 10.1. The molecule has 3 rings (SSSR count). The lowest BCUT2D eigenvalue weighted by molar-refractivity contribution is 0.0600. The van der Waals surface area contributed by atoms with Crippen LogP contribution in [0.25, 0.3) is 10.2 Å². The molecule has 0 unspecified atom stereocenters. The van der Waals surface area contributed by atoms with Crippen LogP contribution in [0.15, 0.2) is 41.4 Å². The molecular formula is C20H20N2O3S. The molecule has 0 radical (unpaired) electrons. The van der Waals surface area contributed by atoms with E-state index >= 15 is 0 Å². The molecule has 0 saturated carbocycles. The molecule has 1 aromatic heterocycles. The molecule has 5 nitrogen and oxygen atoms in total. The van der Waals surface area contributed by atoms with E-state index in [1.165, 1.54) is 29.6 Å². The Bertz CT molecular complexity index is 1060. The zero-order valence-electron chi connectivity index (χ0n) is 15.2. The van der Waals surface area contributed by atoms with Gasteiger partial charge in [0.15, 0.2) is 4.80 Å². The molecule has 6 heteroatoms. The maximum Gasteiger partial charge on any atom is 0.337 e. The van der Waals surface area contributed by atoms with Crippen LogP contribution in [0.3, 0.4) is 0 Å². The van der Waals surface area contributed by atoms with Crippen LogP contribution in [-0.4, -0.2) is 23.6 Å². The van der Waals surface area contributed by atoms with Crippen molar-refractivity contribution in [3.05, 3.63) is 63.5 Å². The lowest BCUT2D eigenvalue weighted by Crippen LogP contribution is -2.16. The molecule has 0 bridgehead atoms. The minimum atomic E-state index is -0.431. The van der Waals surface area contributed by atoms with Gasteiger partial charge in [0.25, 0.3) is 5.91 Å². The number of ether oxygens (including phenoxy) is 1. The highest BCUT2D eigenvalue weighted by molar-refractivity contribution is 7.16. The fraction of sp³-hybridized carbons (Fsp3) is 0.250. The third-order valence-electron chi connectivity index (χ3n) is 4.36. The second-order valence-electron chi connectivity index (χ2n) is 6.02. The molecule has 26 heavy (non-hydrogen) atoms. The summed E-state index contributed by atoms with van der Waals surface area (Å²) in [5.41, 5.74) is 4.37. The highest BCUT2D eigenvalue weighted by atomic mass is 32.1. The van der Waals surface area contributed by atoms with Crippen LogP contribution in [0.1, 0.15) is 38.8 Å². The first-order valence-electron chi connectivity index (χ1n) is 8.32. The van der Waals surface area contributed by atoms with Crippen LogP contribution in [0.5, 0.6) is 0 Å². The Morgan fingerprint density at radius 2 is 1.69 bits per heavy atom. The number of nitrogens with zero attached hydrogens (tertiary/aromatic N) is 2. The minimum Gasteiger partial charge on any atom is -0.465 e. The van der Waals surface area contributed by atoms with Crippen molar-refractivity contribution in [2.45, 2.75) is 27.3 Å². The van der Waals surface area contributed by atoms with Gasteiger partial charge in [-0.15, -0.1) is 0 Å². The molecule has 0 saturated heterocycles. The van der Waals surface area contributed by atoms with Gasteiger partial charge in [-0.25, -0.2) is 4.79 Å². The first-order chi connectivity index (χ1) is 12.4. The fourth-order valence-corrected chi connectivity index (χ4v) is 3.90. The molecule has 0 N–H and O–H groups in total. The lowest BCUT2D eigenvalue weighted by Gasteiger charge is -2.03. The number of aromatic nitrogens is 1. The van der Waals surface area contributed by atoms with Gasteiger partial charge in [-0.3, -0.25) is 4.79 Å². The summed E-state index contributed by atoms with van der Waals surface area (Å²) < 4.78 is 7.83. The van der Waals surface area contributed by atoms with Gasteiger partial charge in [-0.1, -0.05) is 11.3 Å². The summed E-state index contributed by atoms with van der Waals surface area (Å²) in [4.78, 5) is 29.0. The zero-order valence-corrected chi connectivity index (χ0v) is 16.0. The van der Waals surface area contributed by atoms with E-state index in [1.807, 2.05) is 11.5 Å². The Labute approximate surface area is 155 Å². The molecule has 1 heterocycles. The average Bonchev–Trinajstić information content (AvgIpc) is 2.97. The number of methoxy groups -OCH3 is 1. The predicted molar refractivity (Wildman–Crippen MR) is 103 cm³/mol. The van der Waals surface area contributed by atoms with E-state index in [4.69, 9.17) is 0 Å². The number of hydrogen-bond acceptors (Lipinski definition) is 4. The number of amides is 1. The summed E-state index contributed by atoms with van der Waals surface area (Å²) >= 11 is 1.51. The third-order valence-corrected chi connectivity index (χ3v) is 5.41. The topological polar surface area (TPSA) is 60.7 Å². The molecule has 134 valence electrons. The van der Waals surface area contributed by atoms with Crippen molar-refractivity contribution in [2.24, 2.45) is 4.99 Å². The quantitative estimate of drug-likeness (QED) is 0.660. The second kappa shape index (κ2) is 7.25. The molecule has 0 spiro atoms. The Hall–Kier alpha value is -2.73. The predicted octanol–water partition coefficient (Wildman–Crippen LogP) is 3.87. The normalized spacial score (nSPS) is 11.8. The number of fused-ring (bicyclic) bond motifs is 1. The van der Waals surface area contributed by atoms with E-state index in [0.717, 1.165) is 16.8 Å². The van der Waals surface area contributed by atoms with E-state index < -0.39 is 5.97 Å². The number of carbonyl (C=O) groups excluding carboxylic acids is 2. The Balaban J connectivity index is 2.03. The molecule has 0 aliphatic heterocycles. The van der Waals surface area contributed by atoms with E-state index in [-0.39, 0.29) is 5.91 Å². The molecule has 1 amide bonds. The molecule has 0 aliphatic rings. The van der Waals surface area contributed by atoms with E-state index in [1.54, 1.807) is 24.3 Å². The second-order valence-corrected chi connectivity index (χ2v) is 7.03. The van der Waals surface area contributed by atoms with E-state index in [2.05, 4.69) is 35.7 Å². The van der Waals surface area contributed by atoms with Crippen LogP contribution in [0.2, 0.25) is 0 Å². The maximum atomic E-state index is 12.6. The van der Waals surface area contributed by atoms with Crippen LogP contribution >= 0.6 is 11.3 Å². The summed E-state index contributed by atoms with van der Waals surface area (Å²) in [6.45, 7) is 6.93. The first-order valence-corrected chi connectivity index (χ1v) is 9.14. The van der Waals surface area contributed by atoms with Crippen molar-refractivity contribution in [1.82, 2.24) is 4.57 Å². The molecule has 3 aromatic rings. The molecule has 0 aliphatic carbocycles. The molecule has 2 aromatic carbocycles. The Morgan fingerprint density at radius 3 is 2.31 bits per heavy atom. The summed E-state index contributed by atoms with van der Waals surface area (Å²) in [5.74, 6) is -0.761. The van der Waals surface area contributed by atoms with Crippen molar-refractivity contribution in [2.75, 3.05) is 7.11 Å². The van der Waals surface area contributed by atoms with Crippen molar-refractivity contribution in [3.63, 3.8) is 0 Å². The van der Waals surface area contributed by atoms with Gasteiger partial charge in [-0.2, -0.15) is 4.99 Å². The maximum absolute atomic E-state index is 12.6. The average molecular weight is 368 g/mol. The van der Waals surface area contributed by atoms with E-state index in [9.17, 15) is 9.59 Å². The third kappa shape index (κ3) is 3.32. The zero-order chi connectivity index (χ0) is 18.8. The Morgan fingerprint density at radius 1 is 1.08 bits per heavy atom. The summed E-state index contributed by atoms with van der Waals surface area (Å²) in [5, 5.41) is 0. The standard InChI is InChI=1S/C20H20N2O3S/c1-5-22-16-10-12(2)13(3)11-17(16)26-20(22)21-18(23)14-6-8-15(9-7-14)19(24)25-4/h6-11H,5H2,1-4H3. The van der Waals surface area contributed by atoms with Gasteiger partial charge in [0.2, 0.25) is 0 Å². The summed E-state index contributed by atoms with van der Waals surface area (Å²) in [7, 11) is 1.32. The van der Waals surface area contributed by atoms with Crippen molar-refractivity contribution < 1.29 is 14.3 Å². The SMILES string of the molecule is CCn1c(=NC(=O)c2ccc(C(=O)OC)cc2)sc2cc(C)c(C)cc21. The highest BCUT2D eigenvalue weighted by Crippen LogP contribution is 2.22. The summed E-state index contributed by atoms with van der Waals surface area (Å²) in [6, 6.07) is 10.6. The van der Waals surface area contributed by atoms with Gasteiger partial charge >= 0.3 is 5.97 Å². The number of benzene rings is 2. The van der Waals surface area contributed by atoms with Gasteiger partial charge in [0.05, 0.1) is 22.9 Å². The minimum absolute atomic E-state index is 0.330. The van der Waals surface area contributed by atoms with Gasteiger partial charge in [0, 0.05) is 12.1 Å². The number of carbonyl (C=O) groups is 2. The highest BCUT2D eigenvalue weighted by Gasteiger charge is 2.11. The van der Waals surface area contributed by atoms with Gasteiger partial charge in [-0.05, 0) is 68.3 Å². The van der Waals surface area contributed by atoms with Gasteiger partial charge < -0.3 is 9.30 Å². The van der Waals surface area contributed by atoms with Crippen LogP contribution < -0.4 is 4.80 Å². The van der Waals surface area contributed by atoms with E-state index in [0.29, 0.717) is 15.9 Å². The molecule has 0 atom stereocenters. The number of rotatable bonds is 3. The van der Waals surface area contributed by atoms with Crippen LogP contribution in [0.4, 0.5) is 0 Å². The smallest absolute Gasteiger partial charge is 0.337 e. The Kier molecular flexibility index (Phi) is 5.04. The van der Waals surface area contributed by atoms with Crippen LogP contribution in [-0.2, 0) is 11.3 Å². The first kappa shape index (κ1) is 18.1. The number of esters is 1. The van der Waals surface area contributed by atoms with Crippen molar-refractivity contribution in [1.29, 1.82) is 0 Å². The van der Waals surface area contributed by atoms with Crippen molar-refractivity contribution >= 4 is 33.4 Å². The van der Waals surface area contributed by atoms with Crippen molar-refractivity contribution in [3.8, 4) is 0 Å². The number of hydrogen-bond donors (Lipinski definition) is 0. The summed E-state index contributed by atoms with van der Waals surface area (Å²) in [6.07, 6.45) is 0. The number of aryl methyl sites for hydroxylation is 3. The fourth-order valence-electron chi connectivity index (χ4n) is 2.73.